The van der Waals surface area contributed by atoms with Gasteiger partial charge in [-0.25, -0.2) is 8.78 Å². The molecule has 2 rings (SSSR count). The van der Waals surface area contributed by atoms with Gasteiger partial charge in [0.1, 0.15) is 23.2 Å². The first-order valence-corrected chi connectivity index (χ1v) is 6.84. The van der Waals surface area contributed by atoms with Crippen molar-refractivity contribution in [3.8, 4) is 0 Å². The number of halogens is 2. The zero-order valence-corrected chi connectivity index (χ0v) is 12.2. The van der Waals surface area contributed by atoms with Crippen LogP contribution in [0.2, 0.25) is 0 Å². The van der Waals surface area contributed by atoms with Crippen molar-refractivity contribution in [2.24, 2.45) is 0 Å². The van der Waals surface area contributed by atoms with Crippen molar-refractivity contribution in [3.63, 3.8) is 0 Å². The van der Waals surface area contributed by atoms with Crippen LogP contribution < -0.4 is 5.32 Å². The number of carbonyl (C=O) groups is 2. The summed E-state index contributed by atoms with van der Waals surface area (Å²) in [7, 11) is 0. The third-order valence-electron chi connectivity index (χ3n) is 3.89. The second-order valence-electron chi connectivity index (χ2n) is 5.62. The van der Waals surface area contributed by atoms with Gasteiger partial charge in [-0.05, 0) is 32.4 Å². The summed E-state index contributed by atoms with van der Waals surface area (Å²) in [5, 5.41) is 2.63. The van der Waals surface area contributed by atoms with Gasteiger partial charge in [-0.2, -0.15) is 0 Å². The van der Waals surface area contributed by atoms with Crippen molar-refractivity contribution >= 4 is 11.8 Å². The van der Waals surface area contributed by atoms with Gasteiger partial charge in [-0.3, -0.25) is 9.59 Å². The van der Waals surface area contributed by atoms with Gasteiger partial charge in [-0.1, -0.05) is 13.0 Å². The number of nitrogens with one attached hydrogen (secondary N) is 1. The molecule has 0 aliphatic carbocycles. The molecule has 0 spiro atoms. The Hall–Kier alpha value is -1.98. The SMILES string of the molecule is CCC1NC(=O)C(C)(C)N(Cc2c(F)cccc2F)C1=O. The lowest BCUT2D eigenvalue weighted by molar-refractivity contribution is -0.156. The molecule has 1 aliphatic rings. The Bertz CT molecular complexity index is 567. The molecule has 1 N–H and O–H groups in total. The number of benzene rings is 1. The molecule has 1 aromatic rings. The zero-order valence-electron chi connectivity index (χ0n) is 12.2. The minimum Gasteiger partial charge on any atom is -0.342 e. The van der Waals surface area contributed by atoms with E-state index in [1.807, 2.05) is 0 Å². The van der Waals surface area contributed by atoms with Crippen LogP contribution in [0.3, 0.4) is 0 Å². The Balaban J connectivity index is 2.39. The molecule has 4 nitrogen and oxygen atoms in total. The molecule has 1 atom stereocenters. The lowest BCUT2D eigenvalue weighted by atomic mass is 9.94. The quantitative estimate of drug-likeness (QED) is 0.927. The average molecular weight is 296 g/mol. The van der Waals surface area contributed by atoms with E-state index in [0.717, 1.165) is 12.1 Å². The molecule has 6 heteroatoms. The van der Waals surface area contributed by atoms with Gasteiger partial charge < -0.3 is 10.2 Å². The highest BCUT2D eigenvalue weighted by Crippen LogP contribution is 2.26. The number of piperazine rings is 1. The van der Waals surface area contributed by atoms with Gasteiger partial charge in [0.2, 0.25) is 11.8 Å². The maximum absolute atomic E-state index is 13.8. The molecule has 0 bridgehead atoms. The molecule has 1 aromatic carbocycles. The van der Waals surface area contributed by atoms with Gasteiger partial charge in [0.15, 0.2) is 0 Å². The molecule has 0 radical (unpaired) electrons. The molecule has 1 fully saturated rings. The molecule has 2 amide bonds. The van der Waals surface area contributed by atoms with Crippen LogP contribution in [0.4, 0.5) is 8.78 Å². The summed E-state index contributed by atoms with van der Waals surface area (Å²) in [5.74, 6) is -2.11. The maximum atomic E-state index is 13.8. The second kappa shape index (κ2) is 5.42. The average Bonchev–Trinajstić information content (AvgIpc) is 2.42. The number of amides is 2. The first kappa shape index (κ1) is 15.4. The van der Waals surface area contributed by atoms with Crippen LogP contribution in [0.15, 0.2) is 18.2 Å². The van der Waals surface area contributed by atoms with Crippen LogP contribution in [-0.4, -0.2) is 28.3 Å². The van der Waals surface area contributed by atoms with E-state index in [4.69, 9.17) is 0 Å². The topological polar surface area (TPSA) is 49.4 Å². The highest BCUT2D eigenvalue weighted by Gasteiger charge is 2.45. The lowest BCUT2D eigenvalue weighted by Crippen LogP contribution is -2.67. The minimum absolute atomic E-state index is 0.205. The molecule has 0 saturated carbocycles. The van der Waals surface area contributed by atoms with Crippen molar-refractivity contribution in [1.29, 1.82) is 0 Å². The maximum Gasteiger partial charge on any atom is 0.246 e. The van der Waals surface area contributed by atoms with Crippen molar-refractivity contribution in [3.05, 3.63) is 35.4 Å². The summed E-state index contributed by atoms with van der Waals surface area (Å²) >= 11 is 0. The molecular weight excluding hydrogens is 278 g/mol. The first-order chi connectivity index (χ1) is 9.78. The summed E-state index contributed by atoms with van der Waals surface area (Å²) < 4.78 is 27.6. The van der Waals surface area contributed by atoms with Crippen LogP contribution in [0, 0.1) is 11.6 Å². The Morgan fingerprint density at radius 3 is 2.33 bits per heavy atom. The minimum atomic E-state index is -1.16. The van der Waals surface area contributed by atoms with E-state index in [2.05, 4.69) is 5.32 Å². The Morgan fingerprint density at radius 2 is 1.81 bits per heavy atom. The van der Waals surface area contributed by atoms with E-state index in [1.165, 1.54) is 11.0 Å². The van der Waals surface area contributed by atoms with Crippen LogP contribution >= 0.6 is 0 Å². The third kappa shape index (κ3) is 2.62. The fraction of sp³-hybridized carbons (Fsp3) is 0.467. The van der Waals surface area contributed by atoms with E-state index in [9.17, 15) is 18.4 Å². The number of rotatable bonds is 3. The lowest BCUT2D eigenvalue weighted by Gasteiger charge is -2.44. The van der Waals surface area contributed by atoms with Crippen LogP contribution in [-0.2, 0) is 16.1 Å². The van der Waals surface area contributed by atoms with Gasteiger partial charge in [0.25, 0.3) is 0 Å². The van der Waals surface area contributed by atoms with Crippen molar-refractivity contribution in [2.75, 3.05) is 0 Å². The standard InChI is InChI=1S/C15H18F2N2O2/c1-4-12-13(20)19(15(2,3)14(21)18-12)8-9-10(16)6-5-7-11(9)17/h5-7,12H,4,8H2,1-3H3,(H,18,21). The van der Waals surface area contributed by atoms with Crippen LogP contribution in [0.25, 0.3) is 0 Å². The number of hydrogen-bond acceptors (Lipinski definition) is 2. The highest BCUT2D eigenvalue weighted by atomic mass is 19.1. The smallest absolute Gasteiger partial charge is 0.246 e. The molecule has 21 heavy (non-hydrogen) atoms. The van der Waals surface area contributed by atoms with Crippen molar-refractivity contribution in [2.45, 2.75) is 45.3 Å². The molecule has 0 aromatic heterocycles. The van der Waals surface area contributed by atoms with E-state index in [0.29, 0.717) is 6.42 Å². The fourth-order valence-electron chi connectivity index (χ4n) is 2.38. The van der Waals surface area contributed by atoms with Crippen molar-refractivity contribution < 1.29 is 18.4 Å². The normalized spacial score (nSPS) is 21.4. The Morgan fingerprint density at radius 1 is 1.24 bits per heavy atom. The van der Waals surface area contributed by atoms with E-state index in [1.54, 1.807) is 20.8 Å². The van der Waals surface area contributed by atoms with E-state index < -0.39 is 23.2 Å². The van der Waals surface area contributed by atoms with Crippen LogP contribution in [0.1, 0.15) is 32.8 Å². The van der Waals surface area contributed by atoms with Gasteiger partial charge in [0, 0.05) is 5.56 Å². The van der Waals surface area contributed by atoms with Crippen LogP contribution in [0.5, 0.6) is 0 Å². The Kier molecular flexibility index (Phi) is 3.98. The largest absolute Gasteiger partial charge is 0.342 e. The molecule has 1 heterocycles. The van der Waals surface area contributed by atoms with Gasteiger partial charge >= 0.3 is 0 Å². The van der Waals surface area contributed by atoms with Gasteiger partial charge in [0.05, 0.1) is 6.54 Å². The monoisotopic (exact) mass is 296 g/mol. The summed E-state index contributed by atoms with van der Waals surface area (Å²) in [4.78, 5) is 25.8. The van der Waals surface area contributed by atoms with E-state index in [-0.39, 0.29) is 23.9 Å². The summed E-state index contributed by atoms with van der Waals surface area (Å²) in [6.45, 7) is 4.62. The van der Waals surface area contributed by atoms with Crippen molar-refractivity contribution in [1.82, 2.24) is 10.2 Å². The first-order valence-electron chi connectivity index (χ1n) is 6.84. The molecule has 1 aliphatic heterocycles. The summed E-state index contributed by atoms with van der Waals surface area (Å²) in [6, 6.07) is 2.88. The Labute approximate surface area is 122 Å². The second-order valence-corrected chi connectivity index (χ2v) is 5.62. The predicted molar refractivity (Wildman–Crippen MR) is 73.2 cm³/mol. The predicted octanol–water partition coefficient (Wildman–Crippen LogP) is 1.98. The molecule has 1 unspecified atom stereocenters. The highest BCUT2D eigenvalue weighted by molar-refractivity contribution is 5.99. The van der Waals surface area contributed by atoms with Gasteiger partial charge in [-0.15, -0.1) is 0 Å². The fourth-order valence-corrected chi connectivity index (χ4v) is 2.38. The summed E-state index contributed by atoms with van der Waals surface area (Å²) in [6.07, 6.45) is 0.427. The molecule has 114 valence electrons. The third-order valence-corrected chi connectivity index (χ3v) is 3.89. The number of carbonyl (C=O) groups excluding carboxylic acids is 2. The molecule has 1 saturated heterocycles. The van der Waals surface area contributed by atoms with E-state index >= 15 is 0 Å². The number of nitrogens with zero attached hydrogens (tertiary/aromatic N) is 1. The molecular formula is C15H18F2N2O2. The number of hydrogen-bond donors (Lipinski definition) is 1. The zero-order chi connectivity index (χ0) is 15.8. The summed E-state index contributed by atoms with van der Waals surface area (Å²) in [5.41, 5.74) is -1.36.